The van der Waals surface area contributed by atoms with Crippen molar-refractivity contribution in [2.45, 2.75) is 36.8 Å². The molecule has 116 valence electrons. The van der Waals surface area contributed by atoms with Crippen LogP contribution >= 0.6 is 23.1 Å². The summed E-state index contributed by atoms with van der Waals surface area (Å²) in [6.07, 6.45) is 3.51. The SMILES string of the molecule is Cc1nc(CSc2ccc(C(=O)N3CCCCC3)cc2)cs1. The Morgan fingerprint density at radius 1 is 1.23 bits per heavy atom. The average Bonchev–Trinajstić information content (AvgIpc) is 2.99. The van der Waals surface area contributed by atoms with E-state index in [9.17, 15) is 4.79 Å². The van der Waals surface area contributed by atoms with Crippen molar-refractivity contribution in [3.05, 3.63) is 45.9 Å². The van der Waals surface area contributed by atoms with Crippen LogP contribution in [0, 0.1) is 6.92 Å². The minimum atomic E-state index is 0.173. The molecule has 1 aromatic carbocycles. The molecule has 5 heteroatoms. The van der Waals surface area contributed by atoms with Crippen LogP contribution in [0.5, 0.6) is 0 Å². The Hall–Kier alpha value is -1.33. The number of carbonyl (C=O) groups excluding carboxylic acids is 1. The first-order chi connectivity index (χ1) is 10.7. The summed E-state index contributed by atoms with van der Waals surface area (Å²) in [7, 11) is 0. The van der Waals surface area contributed by atoms with E-state index in [0.29, 0.717) is 0 Å². The number of aromatic nitrogens is 1. The zero-order valence-electron chi connectivity index (χ0n) is 12.7. The van der Waals surface area contributed by atoms with Gasteiger partial charge in [0.25, 0.3) is 5.91 Å². The van der Waals surface area contributed by atoms with E-state index in [-0.39, 0.29) is 5.91 Å². The van der Waals surface area contributed by atoms with Gasteiger partial charge in [0.1, 0.15) is 0 Å². The Morgan fingerprint density at radius 3 is 2.59 bits per heavy atom. The number of likely N-dealkylation sites (tertiary alicyclic amines) is 1. The zero-order chi connectivity index (χ0) is 15.4. The highest BCUT2D eigenvalue weighted by molar-refractivity contribution is 7.98. The van der Waals surface area contributed by atoms with Crippen molar-refractivity contribution < 1.29 is 4.79 Å². The number of hydrogen-bond acceptors (Lipinski definition) is 4. The maximum absolute atomic E-state index is 12.4. The number of amides is 1. The molecular weight excluding hydrogens is 312 g/mol. The Labute approximate surface area is 139 Å². The summed E-state index contributed by atoms with van der Waals surface area (Å²) < 4.78 is 0. The Morgan fingerprint density at radius 2 is 1.95 bits per heavy atom. The summed E-state index contributed by atoms with van der Waals surface area (Å²) in [4.78, 5) is 20.0. The van der Waals surface area contributed by atoms with Gasteiger partial charge in [0.05, 0.1) is 10.7 Å². The molecular formula is C17H20N2OS2. The molecule has 2 heterocycles. The van der Waals surface area contributed by atoms with E-state index < -0.39 is 0 Å². The summed E-state index contributed by atoms with van der Waals surface area (Å²) in [5.74, 6) is 1.05. The van der Waals surface area contributed by atoms with Gasteiger partial charge in [0, 0.05) is 34.7 Å². The number of thiazole rings is 1. The van der Waals surface area contributed by atoms with Gasteiger partial charge in [-0.15, -0.1) is 23.1 Å². The zero-order valence-corrected chi connectivity index (χ0v) is 14.4. The number of nitrogens with zero attached hydrogens (tertiary/aromatic N) is 2. The van der Waals surface area contributed by atoms with E-state index in [2.05, 4.69) is 10.4 Å². The first-order valence-corrected chi connectivity index (χ1v) is 9.52. The largest absolute Gasteiger partial charge is 0.339 e. The monoisotopic (exact) mass is 332 g/mol. The fourth-order valence-corrected chi connectivity index (χ4v) is 4.11. The Balaban J connectivity index is 1.58. The van der Waals surface area contributed by atoms with Crippen LogP contribution in [0.4, 0.5) is 0 Å². The molecule has 1 aliphatic rings. The maximum Gasteiger partial charge on any atom is 0.253 e. The van der Waals surface area contributed by atoms with Crippen LogP contribution in [-0.4, -0.2) is 28.9 Å². The second-order valence-electron chi connectivity index (χ2n) is 5.52. The van der Waals surface area contributed by atoms with Crippen molar-refractivity contribution in [1.29, 1.82) is 0 Å². The number of hydrogen-bond donors (Lipinski definition) is 0. The number of carbonyl (C=O) groups is 1. The highest BCUT2D eigenvalue weighted by Gasteiger charge is 2.17. The van der Waals surface area contributed by atoms with E-state index in [1.165, 1.54) is 11.3 Å². The molecule has 0 saturated carbocycles. The van der Waals surface area contributed by atoms with Crippen LogP contribution < -0.4 is 0 Å². The Kier molecular flexibility index (Phi) is 5.16. The summed E-state index contributed by atoms with van der Waals surface area (Å²) in [6, 6.07) is 7.99. The minimum Gasteiger partial charge on any atom is -0.339 e. The lowest BCUT2D eigenvalue weighted by molar-refractivity contribution is 0.0724. The molecule has 1 fully saturated rings. The predicted octanol–water partition coefficient (Wildman–Crippen LogP) is 4.37. The second-order valence-corrected chi connectivity index (χ2v) is 7.63. The fraction of sp³-hybridized carbons (Fsp3) is 0.412. The smallest absolute Gasteiger partial charge is 0.253 e. The predicted molar refractivity (Wildman–Crippen MR) is 92.6 cm³/mol. The highest BCUT2D eigenvalue weighted by atomic mass is 32.2. The van der Waals surface area contributed by atoms with Crippen molar-refractivity contribution in [3.63, 3.8) is 0 Å². The topological polar surface area (TPSA) is 33.2 Å². The molecule has 1 aromatic heterocycles. The van der Waals surface area contributed by atoms with Crippen LogP contribution in [0.15, 0.2) is 34.5 Å². The minimum absolute atomic E-state index is 0.173. The van der Waals surface area contributed by atoms with Gasteiger partial charge in [-0.25, -0.2) is 4.98 Å². The van der Waals surface area contributed by atoms with Gasteiger partial charge < -0.3 is 4.90 Å². The molecule has 22 heavy (non-hydrogen) atoms. The molecule has 0 bridgehead atoms. The number of thioether (sulfide) groups is 1. The third kappa shape index (κ3) is 3.90. The number of rotatable bonds is 4. The van der Waals surface area contributed by atoms with Crippen molar-refractivity contribution in [2.24, 2.45) is 0 Å². The van der Waals surface area contributed by atoms with Crippen LogP contribution in [0.3, 0.4) is 0 Å². The maximum atomic E-state index is 12.4. The molecule has 0 radical (unpaired) electrons. The normalized spacial score (nSPS) is 15.0. The molecule has 0 atom stereocenters. The fourth-order valence-electron chi connectivity index (χ4n) is 2.61. The highest BCUT2D eigenvalue weighted by Crippen LogP contribution is 2.24. The third-order valence-corrected chi connectivity index (χ3v) is 5.67. The van der Waals surface area contributed by atoms with Crippen LogP contribution in [0.25, 0.3) is 0 Å². The lowest BCUT2D eigenvalue weighted by Gasteiger charge is -2.26. The van der Waals surface area contributed by atoms with Gasteiger partial charge in [0.15, 0.2) is 0 Å². The standard InChI is InChI=1S/C17H20N2OS2/c1-13-18-15(11-21-13)12-22-16-7-5-14(6-8-16)17(20)19-9-3-2-4-10-19/h5-8,11H,2-4,9-10,12H2,1H3. The van der Waals surface area contributed by atoms with E-state index in [0.717, 1.165) is 47.9 Å². The van der Waals surface area contributed by atoms with Crippen LogP contribution in [0.1, 0.15) is 40.3 Å². The molecule has 1 amide bonds. The van der Waals surface area contributed by atoms with Gasteiger partial charge in [-0.05, 0) is 50.5 Å². The van der Waals surface area contributed by atoms with Crippen LogP contribution in [-0.2, 0) is 5.75 Å². The number of benzene rings is 1. The van der Waals surface area contributed by atoms with Crippen molar-refractivity contribution in [2.75, 3.05) is 13.1 Å². The summed E-state index contributed by atoms with van der Waals surface area (Å²) in [5.41, 5.74) is 1.93. The van der Waals surface area contributed by atoms with Gasteiger partial charge in [-0.3, -0.25) is 4.79 Å². The molecule has 0 aliphatic carbocycles. The van der Waals surface area contributed by atoms with E-state index in [1.54, 1.807) is 23.1 Å². The molecule has 2 aromatic rings. The summed E-state index contributed by atoms with van der Waals surface area (Å²) in [6.45, 7) is 3.83. The van der Waals surface area contributed by atoms with E-state index in [1.807, 2.05) is 36.1 Å². The Bertz CT molecular complexity index is 630. The van der Waals surface area contributed by atoms with Gasteiger partial charge in [-0.1, -0.05) is 0 Å². The number of piperidine rings is 1. The van der Waals surface area contributed by atoms with Gasteiger partial charge in [-0.2, -0.15) is 0 Å². The van der Waals surface area contributed by atoms with Crippen molar-refractivity contribution in [1.82, 2.24) is 9.88 Å². The molecule has 1 aliphatic heterocycles. The molecule has 0 unspecified atom stereocenters. The molecule has 1 saturated heterocycles. The van der Waals surface area contributed by atoms with Crippen molar-refractivity contribution >= 4 is 29.0 Å². The quantitative estimate of drug-likeness (QED) is 0.780. The lowest BCUT2D eigenvalue weighted by atomic mass is 10.1. The first kappa shape index (κ1) is 15.6. The second kappa shape index (κ2) is 7.29. The van der Waals surface area contributed by atoms with E-state index in [4.69, 9.17) is 0 Å². The summed E-state index contributed by atoms with van der Waals surface area (Å²) in [5, 5.41) is 3.22. The lowest BCUT2D eigenvalue weighted by Crippen LogP contribution is -2.35. The molecule has 3 rings (SSSR count). The molecule has 3 nitrogen and oxygen atoms in total. The van der Waals surface area contributed by atoms with Gasteiger partial charge >= 0.3 is 0 Å². The first-order valence-electron chi connectivity index (χ1n) is 7.65. The summed E-state index contributed by atoms with van der Waals surface area (Å²) >= 11 is 3.45. The third-order valence-electron chi connectivity index (χ3n) is 3.80. The van der Waals surface area contributed by atoms with E-state index >= 15 is 0 Å². The number of aryl methyl sites for hydroxylation is 1. The molecule has 0 N–H and O–H groups in total. The van der Waals surface area contributed by atoms with Crippen molar-refractivity contribution in [3.8, 4) is 0 Å². The van der Waals surface area contributed by atoms with Crippen LogP contribution in [0.2, 0.25) is 0 Å². The average molecular weight is 332 g/mol. The van der Waals surface area contributed by atoms with Gasteiger partial charge in [0.2, 0.25) is 0 Å². The molecule has 0 spiro atoms.